The molecular weight excluding hydrogens is 334 g/mol. The Hall–Kier alpha value is -1.33. The zero-order valence-electron chi connectivity index (χ0n) is 12.3. The van der Waals surface area contributed by atoms with Crippen molar-refractivity contribution in [2.24, 2.45) is 0 Å². The largest absolute Gasteiger partial charge is 0.465 e. The van der Waals surface area contributed by atoms with E-state index in [1.807, 2.05) is 31.2 Å². The molecule has 0 aliphatic heterocycles. The van der Waals surface area contributed by atoms with E-state index >= 15 is 0 Å². The van der Waals surface area contributed by atoms with Crippen molar-refractivity contribution in [2.45, 2.75) is 32.4 Å². The summed E-state index contributed by atoms with van der Waals surface area (Å²) >= 11 is 3.55. The van der Waals surface area contributed by atoms with E-state index in [1.54, 1.807) is 7.11 Å². The average Bonchev–Trinajstić information content (AvgIpc) is 3.25. The van der Waals surface area contributed by atoms with Gasteiger partial charge < -0.3 is 14.7 Å². The van der Waals surface area contributed by atoms with Crippen LogP contribution in [0.4, 0.5) is 4.79 Å². The SMILES string of the molecule is COC/C=C/c1cc(CN(C(=O)O)C2CC2)cc(Br)c1C. The fourth-order valence-electron chi connectivity index (χ4n) is 2.23. The summed E-state index contributed by atoms with van der Waals surface area (Å²) in [5.74, 6) is 0. The number of methoxy groups -OCH3 is 1. The predicted octanol–water partition coefficient (Wildman–Crippen LogP) is 4.06. The van der Waals surface area contributed by atoms with Gasteiger partial charge in [-0.3, -0.25) is 0 Å². The summed E-state index contributed by atoms with van der Waals surface area (Å²) in [5, 5.41) is 9.30. The maximum atomic E-state index is 11.3. The van der Waals surface area contributed by atoms with Gasteiger partial charge in [-0.2, -0.15) is 0 Å². The molecule has 0 heterocycles. The first-order valence-corrected chi connectivity index (χ1v) is 7.76. The Morgan fingerprint density at radius 2 is 2.24 bits per heavy atom. The maximum absolute atomic E-state index is 11.3. The Kier molecular flexibility index (Phi) is 5.42. The third-order valence-corrected chi connectivity index (χ3v) is 4.41. The second kappa shape index (κ2) is 7.09. The number of hydrogen-bond donors (Lipinski definition) is 1. The summed E-state index contributed by atoms with van der Waals surface area (Å²) in [4.78, 5) is 12.8. The predicted molar refractivity (Wildman–Crippen MR) is 86.4 cm³/mol. The zero-order chi connectivity index (χ0) is 15.4. The second-order valence-corrected chi connectivity index (χ2v) is 6.15. The van der Waals surface area contributed by atoms with Crippen LogP contribution in [-0.2, 0) is 11.3 Å². The number of halogens is 1. The molecule has 5 heteroatoms. The van der Waals surface area contributed by atoms with Crippen molar-refractivity contribution in [3.05, 3.63) is 39.4 Å². The van der Waals surface area contributed by atoms with Crippen LogP contribution in [0.25, 0.3) is 6.08 Å². The van der Waals surface area contributed by atoms with Gasteiger partial charge in [0.25, 0.3) is 0 Å². The first kappa shape index (κ1) is 16.0. The van der Waals surface area contributed by atoms with Crippen LogP contribution in [0.1, 0.15) is 29.5 Å². The minimum atomic E-state index is -0.842. The van der Waals surface area contributed by atoms with Crippen molar-refractivity contribution < 1.29 is 14.6 Å². The zero-order valence-corrected chi connectivity index (χ0v) is 13.9. The normalized spacial score (nSPS) is 14.6. The maximum Gasteiger partial charge on any atom is 0.407 e. The number of ether oxygens (including phenoxy) is 1. The van der Waals surface area contributed by atoms with Gasteiger partial charge in [0.1, 0.15) is 0 Å². The number of hydrogen-bond acceptors (Lipinski definition) is 2. The number of carbonyl (C=O) groups is 1. The summed E-state index contributed by atoms with van der Waals surface area (Å²) in [7, 11) is 1.66. The van der Waals surface area contributed by atoms with Gasteiger partial charge >= 0.3 is 6.09 Å². The summed E-state index contributed by atoms with van der Waals surface area (Å²) in [6.45, 7) is 3.03. The molecule has 0 aromatic heterocycles. The fraction of sp³-hybridized carbons (Fsp3) is 0.438. The van der Waals surface area contributed by atoms with E-state index < -0.39 is 6.09 Å². The first-order chi connectivity index (χ1) is 10.0. The molecule has 1 aromatic rings. The Balaban J connectivity index is 2.21. The van der Waals surface area contributed by atoms with Gasteiger partial charge in [-0.05, 0) is 48.6 Å². The number of rotatable bonds is 6. The topological polar surface area (TPSA) is 49.8 Å². The van der Waals surface area contributed by atoms with E-state index in [0.29, 0.717) is 13.2 Å². The van der Waals surface area contributed by atoms with Crippen LogP contribution < -0.4 is 0 Å². The van der Waals surface area contributed by atoms with Crippen molar-refractivity contribution in [1.29, 1.82) is 0 Å². The smallest absolute Gasteiger partial charge is 0.407 e. The van der Waals surface area contributed by atoms with Crippen molar-refractivity contribution in [3.63, 3.8) is 0 Å². The van der Waals surface area contributed by atoms with Gasteiger partial charge in [-0.25, -0.2) is 4.79 Å². The molecule has 4 nitrogen and oxygen atoms in total. The van der Waals surface area contributed by atoms with Crippen LogP contribution >= 0.6 is 15.9 Å². The van der Waals surface area contributed by atoms with Crippen molar-refractivity contribution in [1.82, 2.24) is 4.90 Å². The highest BCUT2D eigenvalue weighted by Gasteiger charge is 2.32. The third kappa shape index (κ3) is 4.32. The van der Waals surface area contributed by atoms with Gasteiger partial charge in [-0.1, -0.05) is 28.1 Å². The van der Waals surface area contributed by atoms with E-state index in [1.165, 1.54) is 4.90 Å². The second-order valence-electron chi connectivity index (χ2n) is 5.29. The third-order valence-electron chi connectivity index (χ3n) is 3.59. The molecule has 2 rings (SSSR count). The molecule has 0 unspecified atom stereocenters. The Morgan fingerprint density at radius 3 is 2.81 bits per heavy atom. The van der Waals surface area contributed by atoms with Gasteiger partial charge in [0.15, 0.2) is 0 Å². The van der Waals surface area contributed by atoms with Crippen LogP contribution in [0.5, 0.6) is 0 Å². The summed E-state index contributed by atoms with van der Waals surface area (Å²) < 4.78 is 6.01. The minimum absolute atomic E-state index is 0.190. The molecule has 1 saturated carbocycles. The van der Waals surface area contributed by atoms with Crippen LogP contribution in [0, 0.1) is 6.92 Å². The minimum Gasteiger partial charge on any atom is -0.465 e. The first-order valence-electron chi connectivity index (χ1n) is 6.97. The quantitative estimate of drug-likeness (QED) is 0.838. The van der Waals surface area contributed by atoms with E-state index in [2.05, 4.69) is 15.9 Å². The Morgan fingerprint density at radius 1 is 1.52 bits per heavy atom. The van der Waals surface area contributed by atoms with Crippen molar-refractivity contribution in [3.8, 4) is 0 Å². The standard InChI is InChI=1S/C16H20BrNO3/c1-11-13(4-3-7-21-2)8-12(9-15(11)17)10-18(16(19)20)14-5-6-14/h3-4,8-9,14H,5-7,10H2,1-2H3,(H,19,20)/b4-3+. The van der Waals surface area contributed by atoms with Crippen LogP contribution in [-0.4, -0.2) is 35.9 Å². The molecule has 0 saturated heterocycles. The lowest BCUT2D eigenvalue weighted by molar-refractivity contribution is 0.139. The fourth-order valence-corrected chi connectivity index (χ4v) is 2.75. The Bertz CT molecular complexity index is 553. The van der Waals surface area contributed by atoms with Crippen LogP contribution in [0.15, 0.2) is 22.7 Å². The lowest BCUT2D eigenvalue weighted by Crippen LogP contribution is -2.31. The van der Waals surface area contributed by atoms with Gasteiger partial charge in [0.2, 0.25) is 0 Å². The molecule has 21 heavy (non-hydrogen) atoms. The van der Waals surface area contributed by atoms with Gasteiger partial charge in [0, 0.05) is 24.2 Å². The number of nitrogens with zero attached hydrogens (tertiary/aromatic N) is 1. The molecule has 1 fully saturated rings. The molecule has 114 valence electrons. The summed E-state index contributed by atoms with van der Waals surface area (Å²) in [6, 6.07) is 4.24. The van der Waals surface area contributed by atoms with E-state index in [4.69, 9.17) is 4.74 Å². The molecular formula is C16H20BrNO3. The molecule has 1 aromatic carbocycles. The molecule has 0 bridgehead atoms. The van der Waals surface area contributed by atoms with Crippen LogP contribution in [0.2, 0.25) is 0 Å². The highest BCUT2D eigenvalue weighted by atomic mass is 79.9. The highest BCUT2D eigenvalue weighted by molar-refractivity contribution is 9.10. The molecule has 0 spiro atoms. The van der Waals surface area contributed by atoms with Crippen molar-refractivity contribution in [2.75, 3.05) is 13.7 Å². The molecule has 0 radical (unpaired) electrons. The van der Waals surface area contributed by atoms with Crippen LogP contribution in [0.3, 0.4) is 0 Å². The molecule has 1 amide bonds. The molecule has 1 aliphatic carbocycles. The van der Waals surface area contributed by atoms with Gasteiger partial charge in [-0.15, -0.1) is 0 Å². The Labute approximate surface area is 133 Å². The van der Waals surface area contributed by atoms with E-state index in [-0.39, 0.29) is 6.04 Å². The molecule has 1 aliphatic rings. The molecule has 1 N–H and O–H groups in total. The highest BCUT2D eigenvalue weighted by Crippen LogP contribution is 2.30. The number of benzene rings is 1. The average molecular weight is 354 g/mol. The van der Waals surface area contributed by atoms with E-state index in [0.717, 1.165) is 34.0 Å². The number of amides is 1. The lowest BCUT2D eigenvalue weighted by Gasteiger charge is -2.19. The number of carboxylic acid groups (broad SMARTS) is 1. The van der Waals surface area contributed by atoms with Gasteiger partial charge in [0.05, 0.1) is 6.61 Å². The molecule has 0 atom stereocenters. The summed E-state index contributed by atoms with van der Waals surface area (Å²) in [5.41, 5.74) is 3.22. The van der Waals surface area contributed by atoms with Crippen molar-refractivity contribution >= 4 is 28.1 Å². The van der Waals surface area contributed by atoms with E-state index in [9.17, 15) is 9.90 Å². The monoisotopic (exact) mass is 353 g/mol. The summed E-state index contributed by atoms with van der Waals surface area (Å²) in [6.07, 6.45) is 5.06. The lowest BCUT2D eigenvalue weighted by atomic mass is 10.0.